The number of nitrogen functional groups attached to an aromatic ring is 1. The van der Waals surface area contributed by atoms with Gasteiger partial charge in [0.1, 0.15) is 0 Å². The number of pyridine rings is 1. The van der Waals surface area contributed by atoms with Gasteiger partial charge in [-0.2, -0.15) is 16.9 Å². The summed E-state index contributed by atoms with van der Waals surface area (Å²) in [5, 5.41) is 4.48. The zero-order valence-corrected chi connectivity index (χ0v) is 10.5. The second-order valence-electron chi connectivity index (χ2n) is 4.58. The molecule has 3 heterocycles. The van der Waals surface area contributed by atoms with Gasteiger partial charge in [-0.25, -0.2) is 9.50 Å². The molecule has 0 saturated carbocycles. The van der Waals surface area contributed by atoms with Crippen LogP contribution in [0.1, 0.15) is 18.7 Å². The van der Waals surface area contributed by atoms with Gasteiger partial charge in [-0.05, 0) is 42.4 Å². The van der Waals surface area contributed by atoms with E-state index in [1.165, 1.54) is 24.3 Å². The summed E-state index contributed by atoms with van der Waals surface area (Å²) in [4.78, 5) is 4.53. The zero-order valence-electron chi connectivity index (χ0n) is 9.67. The molecule has 3 rings (SSSR count). The number of thioether (sulfide) groups is 1. The fraction of sp³-hybridized carbons (Fsp3) is 0.500. The van der Waals surface area contributed by atoms with Crippen LogP contribution in [-0.2, 0) is 6.42 Å². The van der Waals surface area contributed by atoms with Crippen molar-refractivity contribution in [1.29, 1.82) is 0 Å². The summed E-state index contributed by atoms with van der Waals surface area (Å²) in [6.45, 7) is 0. The van der Waals surface area contributed by atoms with Crippen LogP contribution in [0.2, 0.25) is 0 Å². The fourth-order valence-electron chi connectivity index (χ4n) is 2.26. The van der Waals surface area contributed by atoms with E-state index in [2.05, 4.69) is 10.1 Å². The summed E-state index contributed by atoms with van der Waals surface area (Å²) in [5.74, 6) is 4.25. The van der Waals surface area contributed by atoms with Crippen molar-refractivity contribution in [2.45, 2.75) is 19.3 Å². The molecule has 1 aliphatic rings. The van der Waals surface area contributed by atoms with Crippen LogP contribution in [0.15, 0.2) is 18.3 Å². The molecule has 4 nitrogen and oxygen atoms in total. The Labute approximate surface area is 105 Å². The molecule has 1 fully saturated rings. The van der Waals surface area contributed by atoms with E-state index in [0.717, 1.165) is 29.5 Å². The quantitative estimate of drug-likeness (QED) is 0.883. The lowest BCUT2D eigenvalue weighted by molar-refractivity contribution is 0.508. The third kappa shape index (κ3) is 2.39. The fourth-order valence-corrected chi connectivity index (χ4v) is 3.41. The van der Waals surface area contributed by atoms with Gasteiger partial charge in [-0.15, -0.1) is 0 Å². The van der Waals surface area contributed by atoms with Gasteiger partial charge in [0.15, 0.2) is 11.5 Å². The molecule has 2 N–H and O–H groups in total. The first kappa shape index (κ1) is 10.9. The molecular weight excluding hydrogens is 232 g/mol. The molecule has 0 aliphatic carbocycles. The minimum atomic E-state index is 0.724. The van der Waals surface area contributed by atoms with Gasteiger partial charge in [-0.3, -0.25) is 0 Å². The standard InChI is InChI=1S/C12H16N4S/c13-10-3-4-12-14-11(15-16(12)7-10)6-9-2-1-5-17-8-9/h3-4,7,9H,1-2,5-6,8,13H2. The van der Waals surface area contributed by atoms with Gasteiger partial charge in [0.25, 0.3) is 0 Å². The normalized spacial score (nSPS) is 20.8. The van der Waals surface area contributed by atoms with Crippen molar-refractivity contribution in [3.8, 4) is 0 Å². The number of nitrogens with two attached hydrogens (primary N) is 1. The van der Waals surface area contributed by atoms with Gasteiger partial charge in [0, 0.05) is 6.42 Å². The Morgan fingerprint density at radius 2 is 2.41 bits per heavy atom. The highest BCUT2D eigenvalue weighted by Gasteiger charge is 2.16. The number of fused-ring (bicyclic) bond motifs is 1. The summed E-state index contributed by atoms with van der Waals surface area (Å²) in [5.41, 5.74) is 7.34. The number of nitrogens with zero attached hydrogens (tertiary/aromatic N) is 3. The first-order chi connectivity index (χ1) is 8.31. The van der Waals surface area contributed by atoms with Crippen molar-refractivity contribution in [3.63, 3.8) is 0 Å². The van der Waals surface area contributed by atoms with E-state index in [0.29, 0.717) is 0 Å². The predicted molar refractivity (Wildman–Crippen MR) is 71.2 cm³/mol. The predicted octanol–water partition coefficient (Wildman–Crippen LogP) is 2.00. The highest BCUT2D eigenvalue weighted by molar-refractivity contribution is 7.99. The van der Waals surface area contributed by atoms with E-state index in [9.17, 15) is 0 Å². The van der Waals surface area contributed by atoms with E-state index >= 15 is 0 Å². The van der Waals surface area contributed by atoms with Gasteiger partial charge in [0.05, 0.1) is 11.9 Å². The average Bonchev–Trinajstić information content (AvgIpc) is 2.71. The lowest BCUT2D eigenvalue weighted by Gasteiger charge is -2.19. The third-order valence-corrected chi connectivity index (χ3v) is 4.41. The average molecular weight is 248 g/mol. The maximum absolute atomic E-state index is 5.73. The van der Waals surface area contributed by atoms with E-state index in [-0.39, 0.29) is 0 Å². The van der Waals surface area contributed by atoms with Crippen LogP contribution in [-0.4, -0.2) is 26.1 Å². The molecule has 90 valence electrons. The minimum absolute atomic E-state index is 0.724. The van der Waals surface area contributed by atoms with Gasteiger partial charge in [-0.1, -0.05) is 0 Å². The van der Waals surface area contributed by atoms with Crippen LogP contribution in [0.5, 0.6) is 0 Å². The van der Waals surface area contributed by atoms with Crippen LogP contribution in [0.3, 0.4) is 0 Å². The Balaban J connectivity index is 1.80. The van der Waals surface area contributed by atoms with Crippen molar-refractivity contribution in [2.75, 3.05) is 17.2 Å². The smallest absolute Gasteiger partial charge is 0.155 e. The van der Waals surface area contributed by atoms with E-state index in [1.54, 1.807) is 4.52 Å². The Morgan fingerprint density at radius 1 is 1.47 bits per heavy atom. The van der Waals surface area contributed by atoms with Crippen LogP contribution < -0.4 is 5.73 Å². The lowest BCUT2D eigenvalue weighted by Crippen LogP contribution is -2.13. The molecular formula is C12H16N4S. The second-order valence-corrected chi connectivity index (χ2v) is 5.73. The molecule has 1 atom stereocenters. The zero-order chi connectivity index (χ0) is 11.7. The number of rotatable bonds is 2. The summed E-state index contributed by atoms with van der Waals surface area (Å²) >= 11 is 2.05. The molecule has 0 amide bonds. The number of hydrogen-bond donors (Lipinski definition) is 1. The van der Waals surface area contributed by atoms with Gasteiger partial charge < -0.3 is 5.73 Å². The number of hydrogen-bond acceptors (Lipinski definition) is 4. The summed E-state index contributed by atoms with van der Waals surface area (Å²) in [6.07, 6.45) is 5.45. The van der Waals surface area contributed by atoms with Gasteiger partial charge >= 0.3 is 0 Å². The Kier molecular flexibility index (Phi) is 2.93. The molecule has 0 radical (unpaired) electrons. The highest BCUT2D eigenvalue weighted by atomic mass is 32.2. The number of aromatic nitrogens is 3. The van der Waals surface area contributed by atoms with E-state index in [1.807, 2.05) is 30.1 Å². The molecule has 0 bridgehead atoms. The molecule has 2 aromatic heterocycles. The van der Waals surface area contributed by atoms with Crippen molar-refractivity contribution in [3.05, 3.63) is 24.2 Å². The second kappa shape index (κ2) is 4.56. The first-order valence-corrected chi connectivity index (χ1v) is 7.15. The van der Waals surface area contributed by atoms with Crippen molar-refractivity contribution < 1.29 is 0 Å². The maximum Gasteiger partial charge on any atom is 0.155 e. The van der Waals surface area contributed by atoms with E-state index in [4.69, 9.17) is 5.73 Å². The van der Waals surface area contributed by atoms with Gasteiger partial charge in [0.2, 0.25) is 0 Å². The van der Waals surface area contributed by atoms with Crippen molar-refractivity contribution in [1.82, 2.24) is 14.6 Å². The SMILES string of the molecule is Nc1ccc2nc(CC3CCCSC3)nn2c1. The first-order valence-electron chi connectivity index (χ1n) is 6.00. The minimum Gasteiger partial charge on any atom is -0.397 e. The third-order valence-electron chi connectivity index (χ3n) is 3.12. The van der Waals surface area contributed by atoms with Crippen LogP contribution >= 0.6 is 11.8 Å². The maximum atomic E-state index is 5.73. The monoisotopic (exact) mass is 248 g/mol. The van der Waals surface area contributed by atoms with E-state index < -0.39 is 0 Å². The molecule has 0 spiro atoms. The Morgan fingerprint density at radius 3 is 3.24 bits per heavy atom. The van der Waals surface area contributed by atoms with Crippen LogP contribution in [0.25, 0.3) is 5.65 Å². The molecule has 1 saturated heterocycles. The molecule has 17 heavy (non-hydrogen) atoms. The van der Waals surface area contributed by atoms with Crippen molar-refractivity contribution >= 4 is 23.1 Å². The summed E-state index contributed by atoms with van der Waals surface area (Å²) in [6, 6.07) is 3.78. The molecule has 1 unspecified atom stereocenters. The number of anilines is 1. The van der Waals surface area contributed by atoms with Crippen LogP contribution in [0, 0.1) is 5.92 Å². The highest BCUT2D eigenvalue weighted by Crippen LogP contribution is 2.25. The molecule has 1 aliphatic heterocycles. The molecule has 2 aromatic rings. The van der Waals surface area contributed by atoms with Crippen LogP contribution in [0.4, 0.5) is 5.69 Å². The Hall–Kier alpha value is -1.23. The summed E-state index contributed by atoms with van der Waals surface area (Å²) < 4.78 is 1.78. The Bertz CT molecular complexity index is 516. The lowest BCUT2D eigenvalue weighted by atomic mass is 10.0. The van der Waals surface area contributed by atoms with Crippen molar-refractivity contribution in [2.24, 2.45) is 5.92 Å². The topological polar surface area (TPSA) is 56.2 Å². The molecule has 5 heteroatoms. The largest absolute Gasteiger partial charge is 0.397 e. The molecule has 0 aromatic carbocycles. The summed E-state index contributed by atoms with van der Waals surface area (Å²) in [7, 11) is 0.